The van der Waals surface area contributed by atoms with Gasteiger partial charge < -0.3 is 10.2 Å². The lowest BCUT2D eigenvalue weighted by Crippen LogP contribution is -2.26. The fourth-order valence-corrected chi connectivity index (χ4v) is 1.87. The average molecular weight is 170 g/mol. The Morgan fingerprint density at radius 1 is 1.33 bits per heavy atom. The van der Waals surface area contributed by atoms with Crippen LogP contribution in [0.5, 0.6) is 0 Å². The van der Waals surface area contributed by atoms with Crippen LogP contribution in [0.25, 0.3) is 0 Å². The van der Waals surface area contributed by atoms with Gasteiger partial charge in [-0.2, -0.15) is 0 Å². The second-order valence-corrected chi connectivity index (χ2v) is 3.67. The first-order valence-corrected chi connectivity index (χ1v) is 5.29. The van der Waals surface area contributed by atoms with Gasteiger partial charge in [-0.05, 0) is 51.5 Å². The lowest BCUT2D eigenvalue weighted by Gasteiger charge is -2.19. The molecular formula is C10H22N2. The van der Waals surface area contributed by atoms with Crippen molar-refractivity contribution in [2.45, 2.75) is 26.7 Å². The average Bonchev–Trinajstić information content (AvgIpc) is 2.59. The van der Waals surface area contributed by atoms with Gasteiger partial charge in [-0.3, -0.25) is 0 Å². The SMILES string of the molecule is CCN(CC)CC[C@H]1CCNC1. The van der Waals surface area contributed by atoms with Gasteiger partial charge >= 0.3 is 0 Å². The minimum atomic E-state index is 0.950. The first kappa shape index (κ1) is 10.0. The monoisotopic (exact) mass is 170 g/mol. The van der Waals surface area contributed by atoms with Crippen LogP contribution in [0.3, 0.4) is 0 Å². The Labute approximate surface area is 76.3 Å². The van der Waals surface area contributed by atoms with Gasteiger partial charge in [-0.1, -0.05) is 13.8 Å². The molecule has 2 heteroatoms. The molecule has 72 valence electrons. The molecule has 2 nitrogen and oxygen atoms in total. The van der Waals surface area contributed by atoms with Crippen LogP contribution in [0.1, 0.15) is 26.7 Å². The summed E-state index contributed by atoms with van der Waals surface area (Å²) in [6.45, 7) is 10.7. The number of nitrogens with one attached hydrogen (secondary N) is 1. The van der Waals surface area contributed by atoms with Crippen molar-refractivity contribution < 1.29 is 0 Å². The van der Waals surface area contributed by atoms with Crippen molar-refractivity contribution in [1.29, 1.82) is 0 Å². The quantitative estimate of drug-likeness (QED) is 0.669. The summed E-state index contributed by atoms with van der Waals surface area (Å²) >= 11 is 0. The maximum absolute atomic E-state index is 3.41. The number of rotatable bonds is 5. The Morgan fingerprint density at radius 2 is 2.08 bits per heavy atom. The molecule has 0 aromatic heterocycles. The molecule has 12 heavy (non-hydrogen) atoms. The zero-order valence-electron chi connectivity index (χ0n) is 8.47. The van der Waals surface area contributed by atoms with E-state index in [9.17, 15) is 0 Å². The van der Waals surface area contributed by atoms with E-state index in [0.717, 1.165) is 5.92 Å². The molecule has 0 amide bonds. The largest absolute Gasteiger partial charge is 0.316 e. The van der Waals surface area contributed by atoms with Gasteiger partial charge in [0.15, 0.2) is 0 Å². The molecule has 1 aliphatic heterocycles. The molecule has 0 spiro atoms. The predicted octanol–water partition coefficient (Wildman–Crippen LogP) is 1.33. The Kier molecular flexibility index (Phi) is 4.62. The van der Waals surface area contributed by atoms with Crippen LogP contribution in [-0.4, -0.2) is 37.6 Å². The molecule has 1 fully saturated rings. The standard InChI is InChI=1S/C10H22N2/c1-3-12(4-2)8-6-10-5-7-11-9-10/h10-11H,3-9H2,1-2H3/t10-/m1/s1. The maximum Gasteiger partial charge on any atom is -0.00158 e. The molecule has 0 radical (unpaired) electrons. The summed E-state index contributed by atoms with van der Waals surface area (Å²) in [6.07, 6.45) is 2.77. The van der Waals surface area contributed by atoms with Crippen molar-refractivity contribution in [2.75, 3.05) is 32.7 Å². The zero-order valence-corrected chi connectivity index (χ0v) is 8.47. The summed E-state index contributed by atoms with van der Waals surface area (Å²) in [4.78, 5) is 2.51. The smallest absolute Gasteiger partial charge is 0.00158 e. The lowest BCUT2D eigenvalue weighted by molar-refractivity contribution is 0.279. The summed E-state index contributed by atoms with van der Waals surface area (Å²) in [7, 11) is 0. The third kappa shape index (κ3) is 3.11. The molecule has 0 bridgehead atoms. The van der Waals surface area contributed by atoms with Crippen molar-refractivity contribution in [2.24, 2.45) is 5.92 Å². The Bertz CT molecular complexity index is 102. The highest BCUT2D eigenvalue weighted by Crippen LogP contribution is 2.12. The van der Waals surface area contributed by atoms with Gasteiger partial charge in [-0.25, -0.2) is 0 Å². The van der Waals surface area contributed by atoms with E-state index in [0.29, 0.717) is 0 Å². The second-order valence-electron chi connectivity index (χ2n) is 3.67. The maximum atomic E-state index is 3.41. The first-order chi connectivity index (χ1) is 5.86. The Morgan fingerprint density at radius 3 is 2.58 bits per heavy atom. The third-order valence-electron chi connectivity index (χ3n) is 2.91. The number of hydrogen-bond donors (Lipinski definition) is 1. The summed E-state index contributed by atoms with van der Waals surface area (Å²) in [6, 6.07) is 0. The van der Waals surface area contributed by atoms with Crippen LogP contribution in [0.15, 0.2) is 0 Å². The molecule has 1 atom stereocenters. The van der Waals surface area contributed by atoms with Crippen LogP contribution >= 0.6 is 0 Å². The molecule has 1 N–H and O–H groups in total. The van der Waals surface area contributed by atoms with Crippen LogP contribution in [-0.2, 0) is 0 Å². The molecule has 1 saturated heterocycles. The third-order valence-corrected chi connectivity index (χ3v) is 2.91. The summed E-state index contributed by atoms with van der Waals surface area (Å²) in [5.41, 5.74) is 0. The predicted molar refractivity (Wildman–Crippen MR) is 53.4 cm³/mol. The summed E-state index contributed by atoms with van der Waals surface area (Å²) in [5.74, 6) is 0.950. The first-order valence-electron chi connectivity index (χ1n) is 5.29. The normalized spacial score (nSPS) is 23.8. The molecule has 0 saturated carbocycles. The topological polar surface area (TPSA) is 15.3 Å². The van der Waals surface area contributed by atoms with Gasteiger partial charge in [-0.15, -0.1) is 0 Å². The highest BCUT2D eigenvalue weighted by atomic mass is 15.1. The molecule has 0 unspecified atom stereocenters. The van der Waals surface area contributed by atoms with E-state index in [4.69, 9.17) is 0 Å². The van der Waals surface area contributed by atoms with Gasteiger partial charge in [0, 0.05) is 0 Å². The van der Waals surface area contributed by atoms with Gasteiger partial charge in [0.05, 0.1) is 0 Å². The fraction of sp³-hybridized carbons (Fsp3) is 1.00. The molecular weight excluding hydrogens is 148 g/mol. The molecule has 0 aromatic carbocycles. The summed E-state index contributed by atoms with van der Waals surface area (Å²) in [5, 5.41) is 3.41. The van der Waals surface area contributed by atoms with Crippen molar-refractivity contribution in [3.05, 3.63) is 0 Å². The second kappa shape index (κ2) is 5.55. The molecule has 1 aliphatic rings. The highest BCUT2D eigenvalue weighted by molar-refractivity contribution is 4.72. The zero-order chi connectivity index (χ0) is 8.81. The van der Waals surface area contributed by atoms with Gasteiger partial charge in [0.1, 0.15) is 0 Å². The minimum Gasteiger partial charge on any atom is -0.316 e. The molecule has 0 aromatic rings. The van der Waals surface area contributed by atoms with Crippen molar-refractivity contribution in [3.63, 3.8) is 0 Å². The van der Waals surface area contributed by atoms with E-state index in [-0.39, 0.29) is 0 Å². The lowest BCUT2D eigenvalue weighted by atomic mass is 10.1. The molecule has 0 aliphatic carbocycles. The van der Waals surface area contributed by atoms with Crippen molar-refractivity contribution >= 4 is 0 Å². The van der Waals surface area contributed by atoms with Crippen molar-refractivity contribution in [1.82, 2.24) is 10.2 Å². The van der Waals surface area contributed by atoms with Crippen LogP contribution < -0.4 is 5.32 Å². The van der Waals surface area contributed by atoms with E-state index >= 15 is 0 Å². The van der Waals surface area contributed by atoms with Crippen LogP contribution in [0.2, 0.25) is 0 Å². The van der Waals surface area contributed by atoms with Crippen LogP contribution in [0, 0.1) is 5.92 Å². The van der Waals surface area contributed by atoms with E-state index < -0.39 is 0 Å². The van der Waals surface area contributed by atoms with E-state index in [1.807, 2.05) is 0 Å². The molecule has 1 rings (SSSR count). The highest BCUT2D eigenvalue weighted by Gasteiger charge is 2.14. The Hall–Kier alpha value is -0.0800. The fourth-order valence-electron chi connectivity index (χ4n) is 1.87. The Balaban J connectivity index is 2.06. The van der Waals surface area contributed by atoms with E-state index in [1.54, 1.807) is 0 Å². The van der Waals surface area contributed by atoms with Crippen LogP contribution in [0.4, 0.5) is 0 Å². The minimum absolute atomic E-state index is 0.950. The number of nitrogens with zero attached hydrogens (tertiary/aromatic N) is 1. The van der Waals surface area contributed by atoms with E-state index in [2.05, 4.69) is 24.1 Å². The summed E-state index contributed by atoms with van der Waals surface area (Å²) < 4.78 is 0. The van der Waals surface area contributed by atoms with Gasteiger partial charge in [0.2, 0.25) is 0 Å². The molecule has 1 heterocycles. The van der Waals surface area contributed by atoms with E-state index in [1.165, 1.54) is 45.6 Å². The van der Waals surface area contributed by atoms with Crippen molar-refractivity contribution in [3.8, 4) is 0 Å². The van der Waals surface area contributed by atoms with Gasteiger partial charge in [0.25, 0.3) is 0 Å². The number of hydrogen-bond acceptors (Lipinski definition) is 2.